The number of aliphatic hydroxyl groups excluding tert-OH is 1. The van der Waals surface area contributed by atoms with E-state index in [1.165, 1.54) is 231 Å². The smallest absolute Gasteiger partial charge is 0.268 e. The minimum absolute atomic E-state index is 0.00379. The number of phosphoric ester groups is 1. The second kappa shape index (κ2) is 49.9. The normalized spacial score (nSPS) is 14.1. The van der Waals surface area contributed by atoms with E-state index in [-0.39, 0.29) is 19.1 Å². The van der Waals surface area contributed by atoms with Crippen LogP contribution in [-0.4, -0.2) is 68.5 Å². The number of phosphoric acid groups is 1. The van der Waals surface area contributed by atoms with Gasteiger partial charge in [-0.25, -0.2) is 0 Å². The van der Waals surface area contributed by atoms with Gasteiger partial charge in [0.2, 0.25) is 5.91 Å². The number of unbranched alkanes of at least 4 members (excludes halogenated alkanes) is 39. The number of allylic oxidation sites excluding steroid dienone is 3. The van der Waals surface area contributed by atoms with Gasteiger partial charge in [-0.1, -0.05) is 276 Å². The number of carbonyl (C=O) groups is 1. The molecule has 0 heterocycles. The number of rotatable bonds is 54. The van der Waals surface area contributed by atoms with Crippen molar-refractivity contribution in [1.82, 2.24) is 5.32 Å². The van der Waals surface area contributed by atoms with E-state index in [4.69, 9.17) is 9.05 Å². The topological polar surface area (TPSA) is 108 Å². The molecule has 0 fully saturated rings. The van der Waals surface area contributed by atoms with Crippen LogP contribution in [0.1, 0.15) is 290 Å². The van der Waals surface area contributed by atoms with Crippen molar-refractivity contribution >= 4 is 13.7 Å². The Morgan fingerprint density at radius 2 is 0.836 bits per heavy atom. The van der Waals surface area contributed by atoms with Gasteiger partial charge in [0.25, 0.3) is 7.82 Å². The highest BCUT2D eigenvalue weighted by Gasteiger charge is 2.23. The second-order valence-electron chi connectivity index (χ2n) is 21.4. The minimum atomic E-state index is -4.60. The molecule has 0 spiro atoms. The van der Waals surface area contributed by atoms with Gasteiger partial charge in [-0.15, -0.1) is 0 Å². The van der Waals surface area contributed by atoms with Crippen molar-refractivity contribution in [3.63, 3.8) is 0 Å². The molecule has 0 bridgehead atoms. The Morgan fingerprint density at radius 1 is 0.507 bits per heavy atom. The molecule has 8 nitrogen and oxygen atoms in total. The van der Waals surface area contributed by atoms with Gasteiger partial charge in [0.1, 0.15) is 13.2 Å². The maximum Gasteiger partial charge on any atom is 0.268 e. The van der Waals surface area contributed by atoms with E-state index in [1.54, 1.807) is 6.08 Å². The maximum absolute atomic E-state index is 13.0. The van der Waals surface area contributed by atoms with E-state index < -0.39 is 20.0 Å². The van der Waals surface area contributed by atoms with Gasteiger partial charge >= 0.3 is 0 Å². The minimum Gasteiger partial charge on any atom is -0.756 e. The molecule has 2 N–H and O–H groups in total. The Bertz CT molecular complexity index is 1140. The fourth-order valence-corrected chi connectivity index (χ4v) is 9.54. The number of amides is 1. The average Bonchev–Trinajstić information content (AvgIpc) is 3.29. The van der Waals surface area contributed by atoms with Crippen LogP contribution in [0.2, 0.25) is 0 Å². The summed E-state index contributed by atoms with van der Waals surface area (Å²) < 4.78 is 23.3. The Hall–Kier alpha value is -1.02. The average molecular weight is 968 g/mol. The van der Waals surface area contributed by atoms with E-state index in [9.17, 15) is 19.4 Å². The number of hydrogen-bond donors (Lipinski definition) is 2. The first kappa shape index (κ1) is 66.0. The summed E-state index contributed by atoms with van der Waals surface area (Å²) in [7, 11) is 1.26. The molecule has 0 rings (SSSR count). The van der Waals surface area contributed by atoms with Crippen LogP contribution in [0.25, 0.3) is 0 Å². The Kier molecular flexibility index (Phi) is 49.2. The molecule has 0 aliphatic heterocycles. The first-order valence-electron chi connectivity index (χ1n) is 29.2. The first-order valence-corrected chi connectivity index (χ1v) is 30.7. The summed E-state index contributed by atoms with van der Waals surface area (Å²) >= 11 is 0. The van der Waals surface area contributed by atoms with Crippen LogP contribution in [0, 0.1) is 0 Å². The van der Waals surface area contributed by atoms with Crippen LogP contribution in [0.3, 0.4) is 0 Å². The number of nitrogens with one attached hydrogen (secondary N) is 1. The van der Waals surface area contributed by atoms with Gasteiger partial charge in [-0.05, 0) is 32.1 Å². The number of nitrogens with zero attached hydrogens (tertiary/aromatic N) is 1. The number of likely N-dealkylation sites (N-methyl/N-ethyl adjacent to an activating group) is 1. The Labute approximate surface area is 417 Å². The highest BCUT2D eigenvalue weighted by atomic mass is 31.2. The zero-order valence-corrected chi connectivity index (χ0v) is 46.3. The van der Waals surface area contributed by atoms with Crippen molar-refractivity contribution < 1.29 is 32.9 Å². The zero-order chi connectivity index (χ0) is 49.2. The summed E-state index contributed by atoms with van der Waals surface area (Å²) in [5.74, 6) is -0.201. The molecule has 3 unspecified atom stereocenters. The fraction of sp³-hybridized carbons (Fsp3) is 0.914. The molecule has 9 heteroatoms. The lowest BCUT2D eigenvalue weighted by atomic mass is 10.0. The van der Waals surface area contributed by atoms with E-state index in [0.29, 0.717) is 17.4 Å². The lowest BCUT2D eigenvalue weighted by Crippen LogP contribution is -2.45. The van der Waals surface area contributed by atoms with Gasteiger partial charge in [0.05, 0.1) is 39.9 Å². The number of quaternary nitrogens is 1. The molecule has 0 aromatic heterocycles. The molecule has 0 saturated carbocycles. The monoisotopic (exact) mass is 967 g/mol. The Morgan fingerprint density at radius 3 is 1.21 bits per heavy atom. The molecule has 0 aromatic rings. The van der Waals surface area contributed by atoms with E-state index in [2.05, 4.69) is 31.3 Å². The number of carbonyl (C=O) groups excluding carboxylic acids is 1. The highest BCUT2D eigenvalue weighted by Crippen LogP contribution is 2.38. The molecule has 0 saturated heterocycles. The number of hydrogen-bond acceptors (Lipinski definition) is 6. The molecule has 398 valence electrons. The quantitative estimate of drug-likeness (QED) is 0.0272. The Balaban J connectivity index is 4.13. The van der Waals surface area contributed by atoms with Crippen molar-refractivity contribution in [2.45, 2.75) is 302 Å². The van der Waals surface area contributed by atoms with Crippen LogP contribution in [0.4, 0.5) is 0 Å². The van der Waals surface area contributed by atoms with Crippen molar-refractivity contribution in [1.29, 1.82) is 0 Å². The summed E-state index contributed by atoms with van der Waals surface area (Å²) in [6, 6.07) is -0.900. The SMILES string of the molecule is CCCCCCCCCCCCC/C=C/CC/C=C/C(O)C(COP(=O)([O-])OCC[N+](C)(C)C)NC(=O)CCCCCCCCCCCCCCCCCCCCCCCCCCCCCC. The third-order valence-electron chi connectivity index (χ3n) is 13.4. The number of aliphatic hydroxyl groups is 1. The van der Waals surface area contributed by atoms with Crippen LogP contribution in [0.5, 0.6) is 0 Å². The third kappa shape index (κ3) is 52.6. The summed E-state index contributed by atoms with van der Waals surface area (Å²) in [4.78, 5) is 25.5. The van der Waals surface area contributed by atoms with Crippen LogP contribution in [-0.2, 0) is 18.4 Å². The molecular formula is C58H115N2O6P. The van der Waals surface area contributed by atoms with Gasteiger partial charge in [0.15, 0.2) is 0 Å². The largest absolute Gasteiger partial charge is 0.756 e. The summed E-state index contributed by atoms with van der Waals surface area (Å²) in [6.45, 7) is 4.67. The lowest BCUT2D eigenvalue weighted by molar-refractivity contribution is -0.870. The van der Waals surface area contributed by atoms with Crippen molar-refractivity contribution in [3.05, 3.63) is 24.3 Å². The first-order chi connectivity index (χ1) is 32.5. The van der Waals surface area contributed by atoms with Crippen LogP contribution >= 0.6 is 7.82 Å². The lowest BCUT2D eigenvalue weighted by Gasteiger charge is -2.29. The fourth-order valence-electron chi connectivity index (χ4n) is 8.82. The van der Waals surface area contributed by atoms with E-state index >= 15 is 0 Å². The maximum atomic E-state index is 13.0. The van der Waals surface area contributed by atoms with Crippen LogP contribution < -0.4 is 10.2 Å². The van der Waals surface area contributed by atoms with Gasteiger partial charge < -0.3 is 28.8 Å². The van der Waals surface area contributed by atoms with E-state index in [0.717, 1.165) is 38.5 Å². The zero-order valence-electron chi connectivity index (χ0n) is 45.4. The summed E-state index contributed by atoms with van der Waals surface area (Å²) in [5.41, 5.74) is 0. The molecular weight excluding hydrogens is 852 g/mol. The third-order valence-corrected chi connectivity index (χ3v) is 14.4. The predicted molar refractivity (Wildman–Crippen MR) is 289 cm³/mol. The van der Waals surface area contributed by atoms with Crippen molar-refractivity contribution in [2.75, 3.05) is 40.9 Å². The van der Waals surface area contributed by atoms with Gasteiger partial charge in [-0.3, -0.25) is 9.36 Å². The standard InChI is InChI=1S/C58H115N2O6P/c1-6-8-10-12-14-16-18-20-22-24-25-26-27-28-29-30-31-32-33-34-36-38-40-42-44-46-48-50-52-58(62)59-56(55-66-67(63,64)65-54-53-60(3,4)5)57(61)51-49-47-45-43-41-39-37-35-23-21-19-17-15-13-11-9-7-2/h41,43,49,51,56-57,61H,6-40,42,44-48,50,52-55H2,1-5H3,(H-,59,62,63,64)/b43-41+,51-49+. The molecule has 0 aromatic carbocycles. The molecule has 67 heavy (non-hydrogen) atoms. The molecule has 0 radical (unpaired) electrons. The molecule has 0 aliphatic carbocycles. The van der Waals surface area contributed by atoms with Crippen LogP contribution in [0.15, 0.2) is 24.3 Å². The highest BCUT2D eigenvalue weighted by molar-refractivity contribution is 7.45. The van der Waals surface area contributed by atoms with Crippen molar-refractivity contribution in [2.24, 2.45) is 0 Å². The van der Waals surface area contributed by atoms with Crippen molar-refractivity contribution in [3.8, 4) is 0 Å². The molecule has 1 amide bonds. The van der Waals surface area contributed by atoms with E-state index in [1.807, 2.05) is 27.2 Å². The molecule has 3 atom stereocenters. The van der Waals surface area contributed by atoms with Gasteiger partial charge in [-0.2, -0.15) is 0 Å². The second-order valence-corrected chi connectivity index (χ2v) is 22.8. The van der Waals surface area contributed by atoms with Gasteiger partial charge in [0, 0.05) is 6.42 Å². The summed E-state index contributed by atoms with van der Waals surface area (Å²) in [5, 5.41) is 13.9. The summed E-state index contributed by atoms with van der Waals surface area (Å²) in [6.07, 6.45) is 62.7. The predicted octanol–water partition coefficient (Wildman–Crippen LogP) is 17.0. The molecule has 0 aliphatic rings.